The molecule has 0 unspecified atom stereocenters. The van der Waals surface area contributed by atoms with Gasteiger partial charge >= 0.3 is 0 Å². The zero-order valence-electron chi connectivity index (χ0n) is 12.3. The topological polar surface area (TPSA) is 46.2 Å². The number of aliphatic hydroxyl groups excluding tert-OH is 1. The molecule has 0 aliphatic rings. The van der Waals surface area contributed by atoms with Crippen molar-refractivity contribution in [3.63, 3.8) is 0 Å². The SMILES string of the molecule is Cc1cc([C@@H](O)c2c(C)ccc3ccccc23)ccc1N. The van der Waals surface area contributed by atoms with Gasteiger partial charge in [0.1, 0.15) is 6.10 Å². The quantitative estimate of drug-likeness (QED) is 0.692. The third-order valence-corrected chi connectivity index (χ3v) is 4.07. The molecule has 0 amide bonds. The van der Waals surface area contributed by atoms with Crippen molar-refractivity contribution >= 4 is 16.5 Å². The van der Waals surface area contributed by atoms with Crippen LogP contribution in [0.3, 0.4) is 0 Å². The monoisotopic (exact) mass is 277 g/mol. The molecule has 0 saturated heterocycles. The number of anilines is 1. The Labute approximate surface area is 124 Å². The second-order valence-electron chi connectivity index (χ2n) is 5.54. The molecule has 1 atom stereocenters. The van der Waals surface area contributed by atoms with Crippen molar-refractivity contribution < 1.29 is 5.11 Å². The molecule has 0 radical (unpaired) electrons. The molecule has 0 saturated carbocycles. The van der Waals surface area contributed by atoms with Gasteiger partial charge in [-0.2, -0.15) is 0 Å². The van der Waals surface area contributed by atoms with Gasteiger partial charge in [0.25, 0.3) is 0 Å². The molecular formula is C19H19NO. The van der Waals surface area contributed by atoms with Crippen LogP contribution in [-0.4, -0.2) is 5.11 Å². The number of rotatable bonds is 2. The van der Waals surface area contributed by atoms with Gasteiger partial charge in [-0.05, 0) is 52.9 Å². The van der Waals surface area contributed by atoms with Gasteiger partial charge in [-0.15, -0.1) is 0 Å². The molecule has 0 heterocycles. The number of nitrogens with two attached hydrogens (primary N) is 1. The Morgan fingerprint density at radius 2 is 1.67 bits per heavy atom. The van der Waals surface area contributed by atoms with Gasteiger partial charge in [0.2, 0.25) is 0 Å². The molecular weight excluding hydrogens is 258 g/mol. The maximum Gasteiger partial charge on any atom is 0.105 e. The van der Waals surface area contributed by atoms with Crippen molar-refractivity contribution in [3.05, 3.63) is 76.9 Å². The minimum Gasteiger partial charge on any atom is -0.399 e. The normalized spacial score (nSPS) is 12.5. The van der Waals surface area contributed by atoms with Crippen molar-refractivity contribution in [1.29, 1.82) is 0 Å². The van der Waals surface area contributed by atoms with Gasteiger partial charge < -0.3 is 10.8 Å². The third-order valence-electron chi connectivity index (χ3n) is 4.07. The molecule has 0 bridgehead atoms. The number of aliphatic hydroxyl groups is 1. The summed E-state index contributed by atoms with van der Waals surface area (Å²) < 4.78 is 0. The summed E-state index contributed by atoms with van der Waals surface area (Å²) in [5.74, 6) is 0. The second-order valence-corrected chi connectivity index (χ2v) is 5.54. The number of hydrogen-bond donors (Lipinski definition) is 2. The summed E-state index contributed by atoms with van der Waals surface area (Å²) in [6, 6.07) is 18.0. The number of hydrogen-bond acceptors (Lipinski definition) is 2. The molecule has 0 spiro atoms. The average molecular weight is 277 g/mol. The lowest BCUT2D eigenvalue weighted by Gasteiger charge is -2.18. The van der Waals surface area contributed by atoms with E-state index in [2.05, 4.69) is 24.3 Å². The fraction of sp³-hybridized carbons (Fsp3) is 0.158. The number of aryl methyl sites for hydroxylation is 2. The van der Waals surface area contributed by atoms with E-state index in [1.165, 1.54) is 0 Å². The van der Waals surface area contributed by atoms with E-state index >= 15 is 0 Å². The van der Waals surface area contributed by atoms with E-state index in [4.69, 9.17) is 5.73 Å². The van der Waals surface area contributed by atoms with Crippen LogP contribution >= 0.6 is 0 Å². The highest BCUT2D eigenvalue weighted by atomic mass is 16.3. The number of benzene rings is 3. The van der Waals surface area contributed by atoms with E-state index < -0.39 is 6.10 Å². The predicted molar refractivity (Wildman–Crippen MR) is 88.3 cm³/mol. The summed E-state index contributed by atoms with van der Waals surface area (Å²) in [7, 11) is 0. The molecule has 2 heteroatoms. The first-order valence-electron chi connectivity index (χ1n) is 7.10. The largest absolute Gasteiger partial charge is 0.399 e. The zero-order chi connectivity index (χ0) is 15.0. The molecule has 0 aliphatic heterocycles. The van der Waals surface area contributed by atoms with Crippen LogP contribution in [0.5, 0.6) is 0 Å². The van der Waals surface area contributed by atoms with E-state index in [1.54, 1.807) is 0 Å². The molecule has 0 fully saturated rings. The van der Waals surface area contributed by atoms with E-state index in [1.807, 2.05) is 44.2 Å². The van der Waals surface area contributed by atoms with Crippen LogP contribution in [0.1, 0.15) is 28.4 Å². The Balaban J connectivity index is 2.19. The lowest BCUT2D eigenvalue weighted by molar-refractivity contribution is 0.221. The Morgan fingerprint density at radius 1 is 0.905 bits per heavy atom. The fourth-order valence-corrected chi connectivity index (χ4v) is 2.80. The molecule has 3 N–H and O–H groups in total. The Hall–Kier alpha value is -2.32. The van der Waals surface area contributed by atoms with Crippen LogP contribution in [-0.2, 0) is 0 Å². The fourth-order valence-electron chi connectivity index (χ4n) is 2.80. The van der Waals surface area contributed by atoms with Gasteiger partial charge in [0.05, 0.1) is 0 Å². The van der Waals surface area contributed by atoms with Gasteiger partial charge in [0, 0.05) is 5.69 Å². The number of nitrogen functional groups attached to an aromatic ring is 1. The Kier molecular flexibility index (Phi) is 3.40. The van der Waals surface area contributed by atoms with Gasteiger partial charge in [-0.25, -0.2) is 0 Å². The third kappa shape index (κ3) is 2.39. The highest BCUT2D eigenvalue weighted by molar-refractivity contribution is 5.87. The highest BCUT2D eigenvalue weighted by Gasteiger charge is 2.16. The zero-order valence-corrected chi connectivity index (χ0v) is 12.3. The minimum atomic E-state index is -0.643. The summed E-state index contributed by atoms with van der Waals surface area (Å²) in [4.78, 5) is 0. The van der Waals surface area contributed by atoms with E-state index in [0.717, 1.165) is 38.7 Å². The van der Waals surface area contributed by atoms with E-state index in [-0.39, 0.29) is 0 Å². The first kappa shape index (κ1) is 13.7. The maximum atomic E-state index is 10.8. The van der Waals surface area contributed by atoms with Gasteiger partial charge in [0.15, 0.2) is 0 Å². The lowest BCUT2D eigenvalue weighted by atomic mass is 9.91. The molecule has 3 rings (SSSR count). The first-order valence-corrected chi connectivity index (χ1v) is 7.10. The van der Waals surface area contributed by atoms with Gasteiger partial charge in [-0.3, -0.25) is 0 Å². The van der Waals surface area contributed by atoms with Crippen LogP contribution < -0.4 is 5.73 Å². The van der Waals surface area contributed by atoms with Crippen LogP contribution in [0.4, 0.5) is 5.69 Å². The first-order chi connectivity index (χ1) is 10.1. The molecule has 0 aromatic heterocycles. The highest BCUT2D eigenvalue weighted by Crippen LogP contribution is 2.32. The minimum absolute atomic E-state index is 0.643. The Bertz CT molecular complexity index is 808. The summed E-state index contributed by atoms with van der Waals surface area (Å²) >= 11 is 0. The maximum absolute atomic E-state index is 10.8. The summed E-state index contributed by atoms with van der Waals surface area (Å²) in [6.45, 7) is 4.00. The average Bonchev–Trinajstić information content (AvgIpc) is 2.49. The predicted octanol–water partition coefficient (Wildman–Crippen LogP) is 4.12. The van der Waals surface area contributed by atoms with E-state index in [0.29, 0.717) is 0 Å². The van der Waals surface area contributed by atoms with Gasteiger partial charge in [-0.1, -0.05) is 48.5 Å². The lowest BCUT2D eigenvalue weighted by Crippen LogP contribution is -2.04. The molecule has 0 aliphatic carbocycles. The standard InChI is InChI=1S/C19H19NO/c1-12-7-8-14-5-3-4-6-16(14)18(12)19(21)15-9-10-17(20)13(2)11-15/h3-11,19,21H,20H2,1-2H3/t19-/m1/s1. The molecule has 3 aromatic carbocycles. The second kappa shape index (κ2) is 5.23. The Morgan fingerprint density at radius 3 is 2.43 bits per heavy atom. The molecule has 2 nitrogen and oxygen atoms in total. The van der Waals surface area contributed by atoms with Crippen LogP contribution in [0.2, 0.25) is 0 Å². The van der Waals surface area contributed by atoms with Crippen LogP contribution in [0, 0.1) is 13.8 Å². The molecule has 21 heavy (non-hydrogen) atoms. The summed E-state index contributed by atoms with van der Waals surface area (Å²) in [6.07, 6.45) is -0.643. The van der Waals surface area contributed by atoms with E-state index in [9.17, 15) is 5.11 Å². The molecule has 106 valence electrons. The van der Waals surface area contributed by atoms with Crippen LogP contribution in [0.25, 0.3) is 10.8 Å². The smallest absolute Gasteiger partial charge is 0.105 e. The summed E-state index contributed by atoms with van der Waals surface area (Å²) in [5.41, 5.74) is 10.5. The molecule has 3 aromatic rings. The van der Waals surface area contributed by atoms with Crippen molar-refractivity contribution in [2.75, 3.05) is 5.73 Å². The summed E-state index contributed by atoms with van der Waals surface area (Å²) in [5, 5.41) is 13.1. The van der Waals surface area contributed by atoms with Crippen molar-refractivity contribution in [2.45, 2.75) is 20.0 Å². The van der Waals surface area contributed by atoms with Crippen LogP contribution in [0.15, 0.2) is 54.6 Å². The van der Waals surface area contributed by atoms with Crippen molar-refractivity contribution in [1.82, 2.24) is 0 Å². The van der Waals surface area contributed by atoms with Crippen molar-refractivity contribution in [2.24, 2.45) is 0 Å². The number of fused-ring (bicyclic) bond motifs is 1. The van der Waals surface area contributed by atoms with Crippen molar-refractivity contribution in [3.8, 4) is 0 Å².